The highest BCUT2D eigenvalue weighted by molar-refractivity contribution is 6.32. The van der Waals surface area contributed by atoms with E-state index in [4.69, 9.17) is 11.6 Å². The molecule has 0 fully saturated rings. The Morgan fingerprint density at radius 1 is 1.06 bits per heavy atom. The van der Waals surface area contributed by atoms with Crippen molar-refractivity contribution >= 4 is 17.2 Å². The lowest BCUT2D eigenvalue weighted by molar-refractivity contribution is 0.939. The summed E-state index contributed by atoms with van der Waals surface area (Å²) >= 11 is 6.04. The molecule has 0 aliphatic rings. The number of hydrogen-bond donors (Lipinski definition) is 0. The topological polar surface area (TPSA) is 43.1 Å². The zero-order valence-electron chi connectivity index (χ0n) is 8.21. The van der Waals surface area contributed by atoms with E-state index < -0.39 is 0 Å². The van der Waals surface area contributed by atoms with Gasteiger partial charge in [0.25, 0.3) is 0 Å². The van der Waals surface area contributed by atoms with E-state index in [1.165, 1.54) is 0 Å². The first-order chi connectivity index (χ1) is 7.86. The minimum absolute atomic E-state index is 0.461. The van der Waals surface area contributed by atoms with Crippen LogP contribution in [0.25, 0.3) is 16.8 Å². The van der Waals surface area contributed by atoms with Crippen molar-refractivity contribution in [3.8, 4) is 11.1 Å². The molecule has 0 atom stereocenters. The van der Waals surface area contributed by atoms with Gasteiger partial charge in [0, 0.05) is 29.7 Å². The van der Waals surface area contributed by atoms with Crippen molar-refractivity contribution in [1.29, 1.82) is 0 Å². The number of pyridine rings is 1. The maximum Gasteiger partial charge on any atom is 0.162 e. The molecular weight excluding hydrogens is 224 g/mol. The van der Waals surface area contributed by atoms with Gasteiger partial charge < -0.3 is 0 Å². The van der Waals surface area contributed by atoms with Gasteiger partial charge in [-0.15, -0.1) is 0 Å². The lowest BCUT2D eigenvalue weighted by Gasteiger charge is -1.99. The lowest BCUT2D eigenvalue weighted by atomic mass is 10.1. The van der Waals surface area contributed by atoms with Crippen molar-refractivity contribution in [2.24, 2.45) is 0 Å². The molecule has 0 saturated heterocycles. The van der Waals surface area contributed by atoms with Crippen molar-refractivity contribution in [2.75, 3.05) is 0 Å². The quantitative estimate of drug-likeness (QED) is 0.603. The molecule has 0 N–H and O–H groups in total. The van der Waals surface area contributed by atoms with Crippen molar-refractivity contribution in [2.45, 2.75) is 0 Å². The van der Waals surface area contributed by atoms with Crippen LogP contribution in [0.15, 0.2) is 43.0 Å². The SMILES string of the molecule is Clc1ncccc1-c1cnn2cccnc12. The number of aromatic nitrogens is 4. The van der Waals surface area contributed by atoms with E-state index in [2.05, 4.69) is 15.1 Å². The molecule has 16 heavy (non-hydrogen) atoms. The number of hydrogen-bond acceptors (Lipinski definition) is 3. The van der Waals surface area contributed by atoms with Gasteiger partial charge in [0.2, 0.25) is 0 Å². The van der Waals surface area contributed by atoms with Crippen LogP contribution < -0.4 is 0 Å². The second kappa shape index (κ2) is 3.57. The monoisotopic (exact) mass is 230 g/mol. The Morgan fingerprint density at radius 2 is 1.94 bits per heavy atom. The molecule has 0 aromatic carbocycles. The molecule has 0 amide bonds. The largest absolute Gasteiger partial charge is 0.244 e. The zero-order valence-corrected chi connectivity index (χ0v) is 8.96. The molecule has 0 saturated carbocycles. The highest BCUT2D eigenvalue weighted by atomic mass is 35.5. The summed E-state index contributed by atoms with van der Waals surface area (Å²) in [6.07, 6.45) is 6.97. The van der Waals surface area contributed by atoms with Gasteiger partial charge in [-0.3, -0.25) is 0 Å². The average Bonchev–Trinajstić information content (AvgIpc) is 2.74. The fourth-order valence-corrected chi connectivity index (χ4v) is 1.83. The maximum atomic E-state index is 6.04. The van der Waals surface area contributed by atoms with Gasteiger partial charge in [-0.2, -0.15) is 5.10 Å². The number of fused-ring (bicyclic) bond motifs is 1. The summed E-state index contributed by atoms with van der Waals surface area (Å²) in [6.45, 7) is 0. The van der Waals surface area contributed by atoms with Gasteiger partial charge in [0.1, 0.15) is 5.15 Å². The highest BCUT2D eigenvalue weighted by Crippen LogP contribution is 2.27. The molecule has 3 aromatic rings. The van der Waals surface area contributed by atoms with E-state index in [0.29, 0.717) is 5.15 Å². The number of halogens is 1. The summed E-state index contributed by atoms with van der Waals surface area (Å²) in [6, 6.07) is 5.57. The predicted molar refractivity (Wildman–Crippen MR) is 61.2 cm³/mol. The van der Waals surface area contributed by atoms with E-state index in [-0.39, 0.29) is 0 Å². The Labute approximate surface area is 96.5 Å². The summed E-state index contributed by atoms with van der Waals surface area (Å²) in [5.41, 5.74) is 2.51. The molecular formula is C11H7ClN4. The first kappa shape index (κ1) is 9.30. The van der Waals surface area contributed by atoms with Gasteiger partial charge >= 0.3 is 0 Å². The van der Waals surface area contributed by atoms with Crippen LogP contribution in [0.1, 0.15) is 0 Å². The second-order valence-electron chi connectivity index (χ2n) is 3.29. The number of nitrogens with zero attached hydrogens (tertiary/aromatic N) is 4. The minimum atomic E-state index is 0.461. The molecule has 0 bridgehead atoms. The van der Waals surface area contributed by atoms with Gasteiger partial charge in [-0.1, -0.05) is 11.6 Å². The van der Waals surface area contributed by atoms with Crippen LogP contribution in [0.2, 0.25) is 5.15 Å². The molecule has 0 aliphatic carbocycles. The van der Waals surface area contributed by atoms with Crippen LogP contribution >= 0.6 is 11.6 Å². The predicted octanol–water partition coefficient (Wildman–Crippen LogP) is 2.44. The van der Waals surface area contributed by atoms with Gasteiger partial charge in [-0.25, -0.2) is 14.5 Å². The van der Waals surface area contributed by atoms with Crippen LogP contribution in [0.4, 0.5) is 0 Å². The molecule has 3 heterocycles. The van der Waals surface area contributed by atoms with E-state index in [0.717, 1.165) is 16.8 Å². The third kappa shape index (κ3) is 1.35. The smallest absolute Gasteiger partial charge is 0.162 e. The summed E-state index contributed by atoms with van der Waals surface area (Å²) < 4.78 is 1.71. The first-order valence-electron chi connectivity index (χ1n) is 4.75. The van der Waals surface area contributed by atoms with E-state index >= 15 is 0 Å². The minimum Gasteiger partial charge on any atom is -0.244 e. The molecule has 0 aliphatic heterocycles. The Balaban J connectivity index is 2.31. The van der Waals surface area contributed by atoms with Gasteiger partial charge in [0.05, 0.1) is 6.20 Å². The summed E-state index contributed by atoms with van der Waals surface area (Å²) in [4.78, 5) is 8.32. The van der Waals surface area contributed by atoms with Gasteiger partial charge in [-0.05, 0) is 18.2 Å². The van der Waals surface area contributed by atoms with E-state index in [9.17, 15) is 0 Å². The Kier molecular flexibility index (Phi) is 2.08. The van der Waals surface area contributed by atoms with E-state index in [1.54, 1.807) is 23.1 Å². The molecule has 0 spiro atoms. The second-order valence-corrected chi connectivity index (χ2v) is 3.65. The summed E-state index contributed by atoms with van der Waals surface area (Å²) in [7, 11) is 0. The van der Waals surface area contributed by atoms with Crippen LogP contribution in [0.3, 0.4) is 0 Å². The molecule has 3 aromatic heterocycles. The van der Waals surface area contributed by atoms with Crippen LogP contribution in [-0.4, -0.2) is 19.6 Å². The third-order valence-corrected chi connectivity index (χ3v) is 2.63. The zero-order chi connectivity index (χ0) is 11.0. The third-order valence-electron chi connectivity index (χ3n) is 2.33. The van der Waals surface area contributed by atoms with E-state index in [1.807, 2.05) is 24.4 Å². The fraction of sp³-hybridized carbons (Fsp3) is 0. The lowest BCUT2D eigenvalue weighted by Crippen LogP contribution is -1.88. The van der Waals surface area contributed by atoms with Crippen molar-refractivity contribution < 1.29 is 0 Å². The van der Waals surface area contributed by atoms with Crippen LogP contribution in [0, 0.1) is 0 Å². The van der Waals surface area contributed by atoms with Crippen molar-refractivity contribution in [3.05, 3.63) is 48.1 Å². The van der Waals surface area contributed by atoms with Crippen molar-refractivity contribution in [1.82, 2.24) is 19.6 Å². The summed E-state index contributed by atoms with van der Waals surface area (Å²) in [5, 5.41) is 4.67. The average molecular weight is 231 g/mol. The molecule has 0 radical (unpaired) electrons. The molecule has 78 valence electrons. The molecule has 0 unspecified atom stereocenters. The molecule has 5 heteroatoms. The Hall–Kier alpha value is -1.94. The Bertz CT molecular complexity index is 647. The van der Waals surface area contributed by atoms with Crippen LogP contribution in [0.5, 0.6) is 0 Å². The maximum absolute atomic E-state index is 6.04. The van der Waals surface area contributed by atoms with Crippen LogP contribution in [-0.2, 0) is 0 Å². The first-order valence-corrected chi connectivity index (χ1v) is 5.13. The molecule has 4 nitrogen and oxygen atoms in total. The molecule has 3 rings (SSSR count). The highest BCUT2D eigenvalue weighted by Gasteiger charge is 2.10. The van der Waals surface area contributed by atoms with Crippen molar-refractivity contribution in [3.63, 3.8) is 0 Å². The fourth-order valence-electron chi connectivity index (χ4n) is 1.60. The van der Waals surface area contributed by atoms with Gasteiger partial charge in [0.15, 0.2) is 5.65 Å². The normalized spacial score (nSPS) is 10.8. The number of rotatable bonds is 1. The standard InChI is InChI=1S/C11H7ClN4/c12-10-8(3-1-4-13-10)9-7-15-16-6-2-5-14-11(9)16/h1-7H. The Morgan fingerprint density at radius 3 is 2.81 bits per heavy atom. The summed E-state index contributed by atoms with van der Waals surface area (Å²) in [5.74, 6) is 0.